The molecule has 0 spiro atoms. The van der Waals surface area contributed by atoms with E-state index in [-0.39, 0.29) is 0 Å². The highest BCUT2D eigenvalue weighted by atomic mass is 32.1. The van der Waals surface area contributed by atoms with Gasteiger partial charge in [0.25, 0.3) is 0 Å². The van der Waals surface area contributed by atoms with Crippen LogP contribution in [0, 0.1) is 5.41 Å². The van der Waals surface area contributed by atoms with Crippen molar-refractivity contribution in [2.75, 3.05) is 13.1 Å². The number of thiocarbonyl (C=S) groups is 1. The van der Waals surface area contributed by atoms with E-state index in [4.69, 9.17) is 18.0 Å². The third kappa shape index (κ3) is 3.39. The highest BCUT2D eigenvalue weighted by molar-refractivity contribution is 7.80. The van der Waals surface area contributed by atoms with Crippen LogP contribution in [0.15, 0.2) is 24.3 Å². The monoisotopic (exact) mass is 290 g/mol. The van der Waals surface area contributed by atoms with Crippen LogP contribution >= 0.6 is 12.2 Å². The van der Waals surface area contributed by atoms with E-state index >= 15 is 0 Å². The summed E-state index contributed by atoms with van der Waals surface area (Å²) in [6.07, 6.45) is 5.24. The van der Waals surface area contributed by atoms with Crippen molar-refractivity contribution in [1.29, 1.82) is 0 Å². The van der Waals surface area contributed by atoms with Crippen molar-refractivity contribution in [2.45, 2.75) is 46.1 Å². The molecule has 0 amide bonds. The third-order valence-electron chi connectivity index (χ3n) is 5.09. The Kier molecular flexibility index (Phi) is 5.17. The number of rotatable bonds is 5. The van der Waals surface area contributed by atoms with Gasteiger partial charge >= 0.3 is 0 Å². The summed E-state index contributed by atoms with van der Waals surface area (Å²) in [6.45, 7) is 8.01. The van der Waals surface area contributed by atoms with E-state index in [9.17, 15) is 0 Å². The molecule has 1 heterocycles. The molecule has 1 aromatic rings. The summed E-state index contributed by atoms with van der Waals surface area (Å²) >= 11 is 5.15. The van der Waals surface area contributed by atoms with Gasteiger partial charge in [-0.15, -0.1) is 0 Å². The molecule has 0 aliphatic carbocycles. The summed E-state index contributed by atoms with van der Waals surface area (Å²) in [5.74, 6) is 0. The van der Waals surface area contributed by atoms with Crippen LogP contribution in [0.25, 0.3) is 0 Å². The lowest BCUT2D eigenvalue weighted by Crippen LogP contribution is -2.39. The van der Waals surface area contributed by atoms with Crippen LogP contribution in [0.5, 0.6) is 0 Å². The van der Waals surface area contributed by atoms with Gasteiger partial charge in [0.2, 0.25) is 0 Å². The Hall–Kier alpha value is -0.930. The van der Waals surface area contributed by atoms with Gasteiger partial charge in [0.1, 0.15) is 4.99 Å². The SMILES string of the molecule is CCC1(CC)CCN(Cc2ccccc2C(N)=S)CC1. The molecule has 1 aromatic carbocycles. The zero-order valence-electron chi connectivity index (χ0n) is 12.7. The first kappa shape index (κ1) is 15.5. The second kappa shape index (κ2) is 6.68. The van der Waals surface area contributed by atoms with Gasteiger partial charge in [0.15, 0.2) is 0 Å². The lowest BCUT2D eigenvalue weighted by atomic mass is 9.74. The van der Waals surface area contributed by atoms with Gasteiger partial charge in [0.05, 0.1) is 0 Å². The van der Waals surface area contributed by atoms with Crippen molar-refractivity contribution >= 4 is 17.2 Å². The van der Waals surface area contributed by atoms with E-state index in [2.05, 4.69) is 30.9 Å². The van der Waals surface area contributed by atoms with Crippen LogP contribution in [0.1, 0.15) is 50.7 Å². The molecular formula is C17H26N2S. The number of nitrogens with zero attached hydrogens (tertiary/aromatic N) is 1. The summed E-state index contributed by atoms with van der Waals surface area (Å²) < 4.78 is 0. The summed E-state index contributed by atoms with van der Waals surface area (Å²) in [4.78, 5) is 3.05. The Morgan fingerprint density at radius 2 is 1.80 bits per heavy atom. The molecule has 20 heavy (non-hydrogen) atoms. The average Bonchev–Trinajstić information content (AvgIpc) is 2.49. The predicted molar refractivity (Wildman–Crippen MR) is 89.9 cm³/mol. The van der Waals surface area contributed by atoms with E-state index in [0.717, 1.165) is 12.1 Å². The van der Waals surface area contributed by atoms with Crippen LogP contribution in [-0.2, 0) is 6.54 Å². The maximum Gasteiger partial charge on any atom is 0.104 e. The van der Waals surface area contributed by atoms with Gasteiger partial charge in [-0.25, -0.2) is 0 Å². The van der Waals surface area contributed by atoms with E-state index < -0.39 is 0 Å². The summed E-state index contributed by atoms with van der Waals surface area (Å²) in [5.41, 5.74) is 8.70. The first-order valence-electron chi connectivity index (χ1n) is 7.70. The van der Waals surface area contributed by atoms with Crippen molar-refractivity contribution in [3.8, 4) is 0 Å². The molecule has 1 aliphatic heterocycles. The molecule has 1 aliphatic rings. The zero-order chi connectivity index (χ0) is 14.6. The number of hydrogen-bond acceptors (Lipinski definition) is 2. The summed E-state index contributed by atoms with van der Waals surface area (Å²) in [6, 6.07) is 8.26. The molecule has 1 saturated heterocycles. The number of hydrogen-bond donors (Lipinski definition) is 1. The fourth-order valence-corrected chi connectivity index (χ4v) is 3.48. The van der Waals surface area contributed by atoms with Crippen molar-refractivity contribution in [1.82, 2.24) is 4.90 Å². The third-order valence-corrected chi connectivity index (χ3v) is 5.31. The van der Waals surface area contributed by atoms with Gasteiger partial charge in [-0.2, -0.15) is 0 Å². The molecule has 0 aromatic heterocycles. The molecule has 2 rings (SSSR count). The minimum atomic E-state index is 0.508. The Balaban J connectivity index is 2.01. The molecular weight excluding hydrogens is 264 g/mol. The number of piperidine rings is 1. The van der Waals surface area contributed by atoms with Crippen LogP contribution in [0.2, 0.25) is 0 Å². The largest absolute Gasteiger partial charge is 0.389 e. The Morgan fingerprint density at radius 3 is 2.35 bits per heavy atom. The topological polar surface area (TPSA) is 29.3 Å². The summed E-state index contributed by atoms with van der Waals surface area (Å²) in [5, 5.41) is 0. The lowest BCUT2D eigenvalue weighted by Gasteiger charge is -2.41. The molecule has 2 nitrogen and oxygen atoms in total. The maximum absolute atomic E-state index is 5.82. The Bertz CT molecular complexity index is 456. The normalized spacial score (nSPS) is 18.9. The molecule has 2 N–H and O–H groups in total. The molecule has 0 saturated carbocycles. The van der Waals surface area contributed by atoms with E-state index in [0.29, 0.717) is 10.4 Å². The summed E-state index contributed by atoms with van der Waals surface area (Å²) in [7, 11) is 0. The van der Waals surface area contributed by atoms with E-state index in [1.165, 1.54) is 44.3 Å². The Labute approximate surface area is 128 Å². The maximum atomic E-state index is 5.82. The quantitative estimate of drug-likeness (QED) is 0.838. The number of likely N-dealkylation sites (tertiary alicyclic amines) is 1. The predicted octanol–water partition coefficient (Wildman–Crippen LogP) is 3.72. The van der Waals surface area contributed by atoms with Gasteiger partial charge in [-0.1, -0.05) is 63.2 Å². The smallest absolute Gasteiger partial charge is 0.104 e. The molecule has 3 heteroatoms. The molecule has 110 valence electrons. The molecule has 0 radical (unpaired) electrons. The molecule has 0 bridgehead atoms. The highest BCUT2D eigenvalue weighted by Gasteiger charge is 2.31. The first-order valence-corrected chi connectivity index (χ1v) is 8.11. The Morgan fingerprint density at radius 1 is 1.20 bits per heavy atom. The van der Waals surface area contributed by atoms with Crippen LogP contribution in [0.3, 0.4) is 0 Å². The van der Waals surface area contributed by atoms with Crippen molar-refractivity contribution in [3.05, 3.63) is 35.4 Å². The van der Waals surface area contributed by atoms with Crippen molar-refractivity contribution in [2.24, 2.45) is 11.1 Å². The van der Waals surface area contributed by atoms with Gasteiger partial charge in [0, 0.05) is 12.1 Å². The van der Waals surface area contributed by atoms with Gasteiger partial charge < -0.3 is 5.73 Å². The number of nitrogens with two attached hydrogens (primary N) is 1. The highest BCUT2D eigenvalue weighted by Crippen LogP contribution is 2.38. The average molecular weight is 290 g/mol. The van der Waals surface area contributed by atoms with Gasteiger partial charge in [-0.3, -0.25) is 4.90 Å². The second-order valence-corrected chi connectivity index (χ2v) is 6.44. The molecule has 0 unspecified atom stereocenters. The van der Waals surface area contributed by atoms with Crippen molar-refractivity contribution < 1.29 is 0 Å². The standard InChI is InChI=1S/C17H26N2S/c1-3-17(4-2)9-11-19(12-10-17)13-14-7-5-6-8-15(14)16(18)20/h5-8H,3-4,9-13H2,1-2H3,(H2,18,20). The number of benzene rings is 1. The van der Waals surface area contributed by atoms with Gasteiger partial charge in [-0.05, 0) is 36.9 Å². The fourth-order valence-electron chi connectivity index (χ4n) is 3.28. The van der Waals surface area contributed by atoms with Crippen LogP contribution in [-0.4, -0.2) is 23.0 Å². The molecule has 0 atom stereocenters. The van der Waals surface area contributed by atoms with E-state index in [1.807, 2.05) is 12.1 Å². The minimum absolute atomic E-state index is 0.508. The first-order chi connectivity index (χ1) is 9.60. The van der Waals surface area contributed by atoms with E-state index in [1.54, 1.807) is 0 Å². The zero-order valence-corrected chi connectivity index (χ0v) is 13.5. The second-order valence-electron chi connectivity index (χ2n) is 6.00. The van der Waals surface area contributed by atoms with Crippen LogP contribution < -0.4 is 5.73 Å². The lowest BCUT2D eigenvalue weighted by molar-refractivity contribution is 0.0909. The molecule has 1 fully saturated rings. The fraction of sp³-hybridized carbons (Fsp3) is 0.588. The van der Waals surface area contributed by atoms with Crippen molar-refractivity contribution in [3.63, 3.8) is 0 Å². The minimum Gasteiger partial charge on any atom is -0.389 e. The van der Waals surface area contributed by atoms with Crippen LogP contribution in [0.4, 0.5) is 0 Å².